The molecule has 2 fully saturated rings. The number of likely N-dealkylation sites (tertiary alicyclic amines) is 1. The normalized spacial score (nSPS) is 27.9. The van der Waals surface area contributed by atoms with Crippen LogP contribution in [0.25, 0.3) is 0 Å². The Bertz CT molecular complexity index is 748. The summed E-state index contributed by atoms with van der Waals surface area (Å²) in [6.07, 6.45) is 5.51. The molecule has 2 aromatic carbocycles. The number of fused-ring (bicyclic) bond motifs is 1. The molecule has 1 saturated carbocycles. The van der Waals surface area contributed by atoms with Crippen LogP contribution in [-0.4, -0.2) is 40.9 Å². The Kier molecular flexibility index (Phi) is 6.00. The molecule has 150 valence electrons. The molecule has 0 spiro atoms. The second-order valence-electron chi connectivity index (χ2n) is 8.19. The van der Waals surface area contributed by atoms with E-state index in [1.54, 1.807) is 0 Å². The minimum absolute atomic E-state index is 0.0307. The maximum Gasteiger partial charge on any atom is 0.119 e. The van der Waals surface area contributed by atoms with Crippen molar-refractivity contribution in [3.63, 3.8) is 0 Å². The molecule has 2 aromatic rings. The Balaban J connectivity index is 1.49. The lowest BCUT2D eigenvalue weighted by molar-refractivity contribution is -0.123. The number of hydrogen-bond acceptors (Lipinski definition) is 4. The van der Waals surface area contributed by atoms with Crippen LogP contribution in [0.3, 0.4) is 0 Å². The second kappa shape index (κ2) is 8.64. The van der Waals surface area contributed by atoms with Crippen molar-refractivity contribution in [3.8, 4) is 5.75 Å². The standard InChI is InChI=1S/C24H31NO3/c26-16-17-28-21-12-10-19(11-13-21)18-25-15-14-24(27,20-6-2-1-3-7-20)22-8-4-5-9-23(22)25/h1-3,6-7,10-13,22-23,26-27H,4-5,8-9,14-18H2/t22-,23-,24+/m0/s1. The highest BCUT2D eigenvalue weighted by atomic mass is 16.5. The van der Waals surface area contributed by atoms with E-state index in [-0.39, 0.29) is 6.61 Å². The fourth-order valence-electron chi connectivity index (χ4n) is 5.14. The van der Waals surface area contributed by atoms with Gasteiger partial charge in [0.2, 0.25) is 0 Å². The van der Waals surface area contributed by atoms with E-state index in [0.717, 1.165) is 43.7 Å². The average Bonchev–Trinajstić information content (AvgIpc) is 2.76. The van der Waals surface area contributed by atoms with Crippen molar-refractivity contribution in [1.29, 1.82) is 0 Å². The summed E-state index contributed by atoms with van der Waals surface area (Å²) in [6.45, 7) is 2.18. The zero-order chi connectivity index (χ0) is 19.4. The number of piperidine rings is 1. The van der Waals surface area contributed by atoms with Gasteiger partial charge in [0.15, 0.2) is 0 Å². The lowest BCUT2D eigenvalue weighted by Gasteiger charge is -2.52. The van der Waals surface area contributed by atoms with E-state index < -0.39 is 5.60 Å². The summed E-state index contributed by atoms with van der Waals surface area (Å²) in [7, 11) is 0. The van der Waals surface area contributed by atoms with E-state index in [1.165, 1.54) is 18.4 Å². The van der Waals surface area contributed by atoms with Gasteiger partial charge in [-0.15, -0.1) is 0 Å². The first-order chi connectivity index (χ1) is 13.7. The number of benzene rings is 2. The smallest absolute Gasteiger partial charge is 0.119 e. The van der Waals surface area contributed by atoms with E-state index in [4.69, 9.17) is 9.84 Å². The maximum absolute atomic E-state index is 11.7. The molecule has 0 unspecified atom stereocenters. The number of aliphatic hydroxyl groups is 2. The quantitative estimate of drug-likeness (QED) is 0.801. The van der Waals surface area contributed by atoms with Gasteiger partial charge < -0.3 is 14.9 Å². The number of hydrogen-bond donors (Lipinski definition) is 2. The van der Waals surface area contributed by atoms with Crippen LogP contribution >= 0.6 is 0 Å². The van der Waals surface area contributed by atoms with Gasteiger partial charge in [0, 0.05) is 25.0 Å². The van der Waals surface area contributed by atoms with Crippen LogP contribution in [0.2, 0.25) is 0 Å². The minimum atomic E-state index is -0.704. The van der Waals surface area contributed by atoms with Crippen molar-refractivity contribution >= 4 is 0 Å². The highest BCUT2D eigenvalue weighted by Gasteiger charge is 2.48. The van der Waals surface area contributed by atoms with Crippen molar-refractivity contribution in [2.24, 2.45) is 5.92 Å². The van der Waals surface area contributed by atoms with Crippen LogP contribution in [0.4, 0.5) is 0 Å². The zero-order valence-corrected chi connectivity index (χ0v) is 16.5. The first-order valence-corrected chi connectivity index (χ1v) is 10.6. The molecule has 4 rings (SSSR count). The Morgan fingerprint density at radius 3 is 2.50 bits per heavy atom. The Hall–Kier alpha value is -1.88. The van der Waals surface area contributed by atoms with Crippen molar-refractivity contribution in [2.45, 2.75) is 50.3 Å². The first kappa shape index (κ1) is 19.4. The van der Waals surface area contributed by atoms with E-state index in [1.807, 2.05) is 30.3 Å². The third-order valence-corrected chi connectivity index (χ3v) is 6.53. The van der Waals surface area contributed by atoms with Crippen LogP contribution in [0.1, 0.15) is 43.2 Å². The van der Waals surface area contributed by atoms with Crippen LogP contribution in [0.15, 0.2) is 54.6 Å². The summed E-state index contributed by atoms with van der Waals surface area (Å²) >= 11 is 0. The molecule has 1 heterocycles. The molecule has 28 heavy (non-hydrogen) atoms. The molecule has 1 saturated heterocycles. The molecule has 2 aliphatic rings. The van der Waals surface area contributed by atoms with Crippen molar-refractivity contribution in [3.05, 3.63) is 65.7 Å². The largest absolute Gasteiger partial charge is 0.491 e. The molecule has 0 radical (unpaired) electrons. The highest BCUT2D eigenvalue weighted by molar-refractivity contribution is 5.28. The van der Waals surface area contributed by atoms with Gasteiger partial charge in [0.25, 0.3) is 0 Å². The van der Waals surface area contributed by atoms with Gasteiger partial charge in [-0.05, 0) is 42.5 Å². The summed E-state index contributed by atoms with van der Waals surface area (Å²) < 4.78 is 5.47. The van der Waals surface area contributed by atoms with Gasteiger partial charge in [-0.3, -0.25) is 4.90 Å². The predicted molar refractivity (Wildman–Crippen MR) is 110 cm³/mol. The zero-order valence-electron chi connectivity index (χ0n) is 16.5. The van der Waals surface area contributed by atoms with E-state index in [9.17, 15) is 5.11 Å². The molecule has 4 heteroatoms. The van der Waals surface area contributed by atoms with E-state index in [2.05, 4.69) is 29.2 Å². The summed E-state index contributed by atoms with van der Waals surface area (Å²) in [5.41, 5.74) is 1.65. The maximum atomic E-state index is 11.7. The van der Waals surface area contributed by atoms with Gasteiger partial charge in [0.05, 0.1) is 12.2 Å². The Morgan fingerprint density at radius 1 is 1.00 bits per heavy atom. The molecule has 0 aromatic heterocycles. The van der Waals surface area contributed by atoms with Crippen molar-refractivity contribution < 1.29 is 14.9 Å². The predicted octanol–water partition coefficient (Wildman–Crippen LogP) is 3.71. The Labute approximate surface area is 167 Å². The van der Waals surface area contributed by atoms with E-state index in [0.29, 0.717) is 18.6 Å². The van der Waals surface area contributed by atoms with E-state index >= 15 is 0 Å². The van der Waals surface area contributed by atoms with Gasteiger partial charge >= 0.3 is 0 Å². The molecule has 2 N–H and O–H groups in total. The van der Waals surface area contributed by atoms with Crippen molar-refractivity contribution in [2.75, 3.05) is 19.8 Å². The van der Waals surface area contributed by atoms with Crippen molar-refractivity contribution in [1.82, 2.24) is 4.90 Å². The first-order valence-electron chi connectivity index (χ1n) is 10.6. The highest BCUT2D eigenvalue weighted by Crippen LogP contribution is 2.47. The lowest BCUT2D eigenvalue weighted by atomic mass is 9.66. The topological polar surface area (TPSA) is 52.9 Å². The summed E-state index contributed by atoms with van der Waals surface area (Å²) in [4.78, 5) is 2.57. The van der Waals surface area contributed by atoms with Crippen LogP contribution in [0, 0.1) is 5.92 Å². The summed E-state index contributed by atoms with van der Waals surface area (Å²) in [6, 6.07) is 18.9. The summed E-state index contributed by atoms with van der Waals surface area (Å²) in [5.74, 6) is 1.09. The molecule has 3 atom stereocenters. The number of nitrogens with zero attached hydrogens (tertiary/aromatic N) is 1. The molecule has 1 aliphatic heterocycles. The fraction of sp³-hybridized carbons (Fsp3) is 0.500. The molecular formula is C24H31NO3. The Morgan fingerprint density at radius 2 is 1.75 bits per heavy atom. The molecule has 4 nitrogen and oxygen atoms in total. The van der Waals surface area contributed by atoms with Crippen LogP contribution in [0.5, 0.6) is 5.75 Å². The third kappa shape index (κ3) is 3.95. The van der Waals surface area contributed by atoms with Gasteiger partial charge in [-0.25, -0.2) is 0 Å². The third-order valence-electron chi connectivity index (χ3n) is 6.53. The average molecular weight is 382 g/mol. The van der Waals surface area contributed by atoms with Gasteiger partial charge in [-0.2, -0.15) is 0 Å². The number of aliphatic hydroxyl groups excluding tert-OH is 1. The summed E-state index contributed by atoms with van der Waals surface area (Å²) in [5, 5.41) is 20.6. The monoisotopic (exact) mass is 381 g/mol. The number of ether oxygens (including phenoxy) is 1. The second-order valence-corrected chi connectivity index (χ2v) is 8.19. The lowest BCUT2D eigenvalue weighted by Crippen LogP contribution is -2.57. The minimum Gasteiger partial charge on any atom is -0.491 e. The number of rotatable bonds is 6. The van der Waals surface area contributed by atoms with Crippen LogP contribution < -0.4 is 4.74 Å². The molecule has 1 aliphatic carbocycles. The fourth-order valence-corrected chi connectivity index (χ4v) is 5.14. The SMILES string of the molecule is OCCOc1ccc(CN2CC[C@@](O)(c3ccccc3)[C@H]3CCCC[C@@H]32)cc1. The van der Waals surface area contributed by atoms with Crippen LogP contribution in [-0.2, 0) is 12.1 Å². The van der Waals surface area contributed by atoms with Gasteiger partial charge in [-0.1, -0.05) is 55.3 Å². The molecule has 0 amide bonds. The molecule has 0 bridgehead atoms. The molecular weight excluding hydrogens is 350 g/mol. The van der Waals surface area contributed by atoms with Gasteiger partial charge in [0.1, 0.15) is 12.4 Å².